The first-order valence-corrected chi connectivity index (χ1v) is 5.88. The summed E-state index contributed by atoms with van der Waals surface area (Å²) < 4.78 is 26.2. The normalized spacial score (nSPS) is 18.3. The van der Waals surface area contributed by atoms with Gasteiger partial charge < -0.3 is 5.73 Å². The van der Waals surface area contributed by atoms with Crippen LogP contribution in [0.4, 0.5) is 14.5 Å². The van der Waals surface area contributed by atoms with E-state index in [1.165, 1.54) is 0 Å². The van der Waals surface area contributed by atoms with Gasteiger partial charge in [0.05, 0.1) is 11.4 Å². The fourth-order valence-corrected chi connectivity index (χ4v) is 1.96. The van der Waals surface area contributed by atoms with Gasteiger partial charge in [0.15, 0.2) is 0 Å². The van der Waals surface area contributed by atoms with Gasteiger partial charge in [-0.05, 0) is 36.6 Å². The Morgan fingerprint density at radius 3 is 2.72 bits per heavy atom. The van der Waals surface area contributed by atoms with E-state index in [0.29, 0.717) is 23.5 Å². The van der Waals surface area contributed by atoms with Gasteiger partial charge in [-0.15, -0.1) is 0 Å². The van der Waals surface area contributed by atoms with Crippen LogP contribution in [0, 0.1) is 0 Å². The van der Waals surface area contributed by atoms with Crippen LogP contribution in [0.1, 0.15) is 37.6 Å². The molecular weight excluding hydrogens is 234 g/mol. The third-order valence-electron chi connectivity index (χ3n) is 3.02. The van der Waals surface area contributed by atoms with Gasteiger partial charge in [0.25, 0.3) is 5.92 Å². The van der Waals surface area contributed by atoms with Gasteiger partial charge in [-0.3, -0.25) is 0 Å². The Kier molecular flexibility index (Phi) is 3.20. The van der Waals surface area contributed by atoms with Crippen LogP contribution < -0.4 is 5.73 Å². The summed E-state index contributed by atoms with van der Waals surface area (Å²) in [5.74, 6) is -2.58. The molecular formula is C14H16F2N2. The first-order chi connectivity index (χ1) is 8.37. The van der Waals surface area contributed by atoms with Crippen molar-refractivity contribution in [2.24, 2.45) is 0 Å². The first kappa shape index (κ1) is 12.7. The molecule has 0 aromatic carbocycles. The Morgan fingerprint density at radius 2 is 2.17 bits per heavy atom. The molecule has 1 heterocycles. The molecule has 0 spiro atoms. The maximum Gasteiger partial charge on any atom is 0.251 e. The summed E-state index contributed by atoms with van der Waals surface area (Å²) in [6.07, 6.45) is 1.55. The fourth-order valence-electron chi connectivity index (χ4n) is 1.96. The molecule has 0 unspecified atom stereocenters. The zero-order valence-electron chi connectivity index (χ0n) is 10.3. The first-order valence-electron chi connectivity index (χ1n) is 5.88. The van der Waals surface area contributed by atoms with Crippen LogP contribution in [0.5, 0.6) is 0 Å². The summed E-state index contributed by atoms with van der Waals surface area (Å²) >= 11 is 0. The van der Waals surface area contributed by atoms with E-state index in [1.807, 2.05) is 6.92 Å². The summed E-state index contributed by atoms with van der Waals surface area (Å²) in [4.78, 5) is 4.41. The molecule has 1 aliphatic rings. The molecule has 2 rings (SSSR count). The zero-order valence-corrected chi connectivity index (χ0v) is 10.3. The Balaban J connectivity index is 2.35. The van der Waals surface area contributed by atoms with E-state index in [0.717, 1.165) is 11.1 Å². The van der Waals surface area contributed by atoms with E-state index < -0.39 is 5.92 Å². The van der Waals surface area contributed by atoms with Crippen molar-refractivity contribution in [1.29, 1.82) is 0 Å². The Labute approximate surface area is 105 Å². The van der Waals surface area contributed by atoms with Crippen LogP contribution in [-0.4, -0.2) is 10.9 Å². The number of aromatic nitrogens is 1. The molecule has 0 fully saturated rings. The number of allylic oxidation sites excluding steroid dienone is 3. The highest BCUT2D eigenvalue weighted by Gasteiger charge is 2.31. The molecule has 0 bridgehead atoms. The number of hydrogen-bond donors (Lipinski definition) is 1. The molecule has 1 aromatic rings. The van der Waals surface area contributed by atoms with Gasteiger partial charge in [-0.2, -0.15) is 0 Å². The number of nitrogens with zero attached hydrogens (tertiary/aromatic N) is 1. The molecule has 1 aliphatic carbocycles. The van der Waals surface area contributed by atoms with Crippen molar-refractivity contribution in [3.63, 3.8) is 0 Å². The zero-order chi connectivity index (χ0) is 13.3. The fraction of sp³-hybridized carbons (Fsp3) is 0.357. The molecule has 18 heavy (non-hydrogen) atoms. The van der Waals surface area contributed by atoms with Crippen LogP contribution in [0.25, 0.3) is 11.1 Å². The molecule has 0 amide bonds. The van der Waals surface area contributed by atoms with Crippen LogP contribution in [0.15, 0.2) is 24.8 Å². The van der Waals surface area contributed by atoms with E-state index in [1.54, 1.807) is 18.2 Å². The van der Waals surface area contributed by atoms with Crippen LogP contribution in [0.2, 0.25) is 0 Å². The molecule has 0 saturated carbocycles. The van der Waals surface area contributed by atoms with Gasteiger partial charge in [0, 0.05) is 18.5 Å². The van der Waals surface area contributed by atoms with Gasteiger partial charge in [-0.25, -0.2) is 13.8 Å². The van der Waals surface area contributed by atoms with Crippen molar-refractivity contribution < 1.29 is 8.78 Å². The average Bonchev–Trinajstić information content (AvgIpc) is 2.28. The smallest absolute Gasteiger partial charge is 0.251 e. The minimum atomic E-state index is -2.58. The van der Waals surface area contributed by atoms with E-state index in [4.69, 9.17) is 5.73 Å². The minimum absolute atomic E-state index is 0.127. The van der Waals surface area contributed by atoms with Crippen molar-refractivity contribution in [1.82, 2.24) is 4.98 Å². The summed E-state index contributed by atoms with van der Waals surface area (Å²) in [5, 5.41) is 0. The molecule has 96 valence electrons. The lowest BCUT2D eigenvalue weighted by atomic mass is 9.93. The topological polar surface area (TPSA) is 38.9 Å². The summed E-state index contributed by atoms with van der Waals surface area (Å²) in [6.45, 7) is 5.66. The van der Waals surface area contributed by atoms with Crippen molar-refractivity contribution in [3.05, 3.63) is 36.2 Å². The number of nitrogens with two attached hydrogens (primary N) is 1. The summed E-state index contributed by atoms with van der Waals surface area (Å²) in [5.41, 5.74) is 9.43. The maximum absolute atomic E-state index is 13.1. The predicted molar refractivity (Wildman–Crippen MR) is 70.1 cm³/mol. The standard InChI is InChI=1S/C14H16F2N2/c1-9(2)12-7-11(17)8-13(18-12)10-3-5-14(15,16)6-4-10/h3,7-8H,1,4-6H2,2H3,(H2,17,18). The maximum atomic E-state index is 13.1. The van der Waals surface area contributed by atoms with E-state index >= 15 is 0 Å². The van der Waals surface area contributed by atoms with Gasteiger partial charge in [0.1, 0.15) is 0 Å². The summed E-state index contributed by atoms with van der Waals surface area (Å²) in [6, 6.07) is 3.46. The second-order valence-electron chi connectivity index (χ2n) is 4.74. The quantitative estimate of drug-likeness (QED) is 0.864. The lowest BCUT2D eigenvalue weighted by Crippen LogP contribution is -2.18. The van der Waals surface area contributed by atoms with Crippen molar-refractivity contribution >= 4 is 16.8 Å². The molecule has 0 atom stereocenters. The van der Waals surface area contributed by atoms with Crippen molar-refractivity contribution in [3.8, 4) is 0 Å². The molecule has 4 heteroatoms. The van der Waals surface area contributed by atoms with Crippen LogP contribution in [0.3, 0.4) is 0 Å². The Bertz CT molecular complexity index is 519. The number of anilines is 1. The number of hydrogen-bond acceptors (Lipinski definition) is 2. The molecule has 2 nitrogen and oxygen atoms in total. The number of alkyl halides is 2. The lowest BCUT2D eigenvalue weighted by Gasteiger charge is -2.21. The Hall–Kier alpha value is -1.71. The molecule has 0 saturated heterocycles. The lowest BCUT2D eigenvalue weighted by molar-refractivity contribution is -0.00605. The number of halogens is 2. The molecule has 2 N–H and O–H groups in total. The number of rotatable bonds is 2. The van der Waals surface area contributed by atoms with Crippen LogP contribution in [-0.2, 0) is 0 Å². The predicted octanol–water partition coefficient (Wildman–Crippen LogP) is 3.90. The highest BCUT2D eigenvalue weighted by Crippen LogP contribution is 2.36. The SMILES string of the molecule is C=C(C)c1cc(N)cc(C2=CCC(F)(F)CC2)n1. The highest BCUT2D eigenvalue weighted by atomic mass is 19.3. The van der Waals surface area contributed by atoms with E-state index in [9.17, 15) is 8.78 Å². The van der Waals surface area contributed by atoms with E-state index in [-0.39, 0.29) is 12.8 Å². The summed E-state index contributed by atoms with van der Waals surface area (Å²) in [7, 11) is 0. The number of nitrogen functional groups attached to an aromatic ring is 1. The highest BCUT2D eigenvalue weighted by molar-refractivity contribution is 5.70. The molecule has 0 radical (unpaired) electrons. The molecule has 0 aliphatic heterocycles. The van der Waals surface area contributed by atoms with Crippen molar-refractivity contribution in [2.45, 2.75) is 32.1 Å². The van der Waals surface area contributed by atoms with Gasteiger partial charge >= 0.3 is 0 Å². The minimum Gasteiger partial charge on any atom is -0.399 e. The van der Waals surface area contributed by atoms with Crippen molar-refractivity contribution in [2.75, 3.05) is 5.73 Å². The monoisotopic (exact) mass is 250 g/mol. The van der Waals surface area contributed by atoms with E-state index in [2.05, 4.69) is 11.6 Å². The van der Waals surface area contributed by atoms with Gasteiger partial charge in [-0.1, -0.05) is 12.7 Å². The van der Waals surface area contributed by atoms with Crippen LogP contribution >= 0.6 is 0 Å². The second kappa shape index (κ2) is 4.52. The second-order valence-corrected chi connectivity index (χ2v) is 4.74. The largest absolute Gasteiger partial charge is 0.399 e. The molecule has 1 aromatic heterocycles. The third-order valence-corrected chi connectivity index (χ3v) is 3.02. The Morgan fingerprint density at radius 1 is 1.44 bits per heavy atom. The van der Waals surface area contributed by atoms with Gasteiger partial charge in [0.2, 0.25) is 0 Å². The number of pyridine rings is 1. The average molecular weight is 250 g/mol. The third kappa shape index (κ3) is 2.75.